The van der Waals surface area contributed by atoms with Gasteiger partial charge in [0.05, 0.1) is 17.2 Å². The minimum Gasteiger partial charge on any atom is -0.297 e. The number of benzene rings is 6. The maximum absolute atomic E-state index is 4.94. The lowest BCUT2D eigenvalue weighted by Gasteiger charge is -2.18. The zero-order chi connectivity index (χ0) is 28.3. The Morgan fingerprint density at radius 3 is 1.58 bits per heavy atom. The Labute approximate surface area is 248 Å². The molecule has 0 aliphatic carbocycles. The van der Waals surface area contributed by atoms with Gasteiger partial charge in [-0.2, -0.15) is 0 Å². The first-order valence-corrected chi connectivity index (χ1v) is 14.6. The van der Waals surface area contributed by atoms with Crippen LogP contribution in [-0.4, -0.2) is 14.4 Å². The van der Waals surface area contributed by atoms with Crippen molar-refractivity contribution in [2.75, 3.05) is 0 Å². The summed E-state index contributed by atoms with van der Waals surface area (Å²) in [6, 6.07) is 48.0. The molecule has 0 fully saturated rings. The summed E-state index contributed by atoms with van der Waals surface area (Å²) in [4.78, 5) is 9.32. The molecule has 200 valence electrons. The molecule has 43 heavy (non-hydrogen) atoms. The zero-order valence-corrected chi connectivity index (χ0v) is 23.3. The molecule has 3 heterocycles. The molecule has 9 rings (SSSR count). The van der Waals surface area contributed by atoms with Crippen molar-refractivity contribution < 1.29 is 0 Å². The minimum atomic E-state index is 0.949. The Balaban J connectivity index is 1.28. The van der Waals surface area contributed by atoms with E-state index in [0.29, 0.717) is 0 Å². The van der Waals surface area contributed by atoms with Gasteiger partial charge < -0.3 is 0 Å². The summed E-state index contributed by atoms with van der Waals surface area (Å²) in [6.07, 6.45) is 5.91. The van der Waals surface area contributed by atoms with Gasteiger partial charge in [0.15, 0.2) is 0 Å². The molecule has 0 saturated carbocycles. The first kappa shape index (κ1) is 23.9. The van der Waals surface area contributed by atoms with Crippen LogP contribution in [0.3, 0.4) is 0 Å². The molecule has 3 heteroatoms. The lowest BCUT2D eigenvalue weighted by Crippen LogP contribution is -1.92. The number of hydrogen-bond donors (Lipinski definition) is 0. The van der Waals surface area contributed by atoms with E-state index in [1.54, 1.807) is 6.20 Å². The predicted octanol–water partition coefficient (Wildman–Crippen LogP) is 10.3. The van der Waals surface area contributed by atoms with E-state index in [9.17, 15) is 0 Å². The molecule has 9 aromatic rings. The van der Waals surface area contributed by atoms with E-state index in [4.69, 9.17) is 4.98 Å². The van der Waals surface area contributed by atoms with Crippen molar-refractivity contribution in [1.29, 1.82) is 0 Å². The van der Waals surface area contributed by atoms with Crippen LogP contribution in [0.2, 0.25) is 0 Å². The highest BCUT2D eigenvalue weighted by Crippen LogP contribution is 2.44. The third kappa shape index (κ3) is 3.62. The number of rotatable bonds is 3. The van der Waals surface area contributed by atoms with Gasteiger partial charge in [-0.1, -0.05) is 127 Å². The molecule has 0 saturated heterocycles. The molecule has 3 aromatic heterocycles. The second kappa shape index (κ2) is 9.37. The van der Waals surface area contributed by atoms with E-state index in [1.807, 2.05) is 12.3 Å². The summed E-state index contributed by atoms with van der Waals surface area (Å²) >= 11 is 0. The van der Waals surface area contributed by atoms with Crippen molar-refractivity contribution >= 4 is 49.0 Å². The summed E-state index contributed by atoms with van der Waals surface area (Å²) in [5.74, 6) is 0. The molecule has 0 atom stereocenters. The van der Waals surface area contributed by atoms with Gasteiger partial charge in [0.25, 0.3) is 0 Å². The highest BCUT2D eigenvalue weighted by Gasteiger charge is 2.17. The monoisotopic (exact) mass is 547 g/mol. The Bertz CT molecular complexity index is 2430. The standard InChI is InChI=1S/C40H25N3/c1-2-10-27(11-3-1)38-30-13-5-7-15-32(30)39(33-16-8-6-14-31(33)38)28-20-18-26(19-21-28)35-25-43-37-24-41-23-22-36(37)42-40(43)34-17-9-4-12-29(34)35/h1-25H. The highest BCUT2D eigenvalue weighted by atomic mass is 15.0. The molecule has 0 aliphatic rings. The van der Waals surface area contributed by atoms with Crippen LogP contribution in [0.4, 0.5) is 0 Å². The third-order valence-electron chi connectivity index (χ3n) is 8.69. The van der Waals surface area contributed by atoms with Crippen molar-refractivity contribution in [3.8, 4) is 33.4 Å². The van der Waals surface area contributed by atoms with Crippen molar-refractivity contribution in [2.24, 2.45) is 0 Å². The van der Waals surface area contributed by atoms with Crippen molar-refractivity contribution in [2.45, 2.75) is 0 Å². The van der Waals surface area contributed by atoms with Gasteiger partial charge in [0.1, 0.15) is 5.65 Å². The Kier molecular flexibility index (Phi) is 5.20. The van der Waals surface area contributed by atoms with E-state index in [1.165, 1.54) is 60.3 Å². The summed E-state index contributed by atoms with van der Waals surface area (Å²) in [6.45, 7) is 0. The fourth-order valence-corrected chi connectivity index (χ4v) is 6.78. The SMILES string of the molecule is c1ccc(-c2c3ccccc3c(-c3ccc(-c4cn5c6cnccc6nc5c5ccccc45)cc3)c3ccccc23)cc1. The molecule has 0 aliphatic heterocycles. The van der Waals surface area contributed by atoms with Gasteiger partial charge in [-0.15, -0.1) is 0 Å². The van der Waals surface area contributed by atoms with Crippen LogP contribution in [0.5, 0.6) is 0 Å². The van der Waals surface area contributed by atoms with E-state index >= 15 is 0 Å². The van der Waals surface area contributed by atoms with E-state index in [2.05, 4.69) is 143 Å². The van der Waals surface area contributed by atoms with Crippen molar-refractivity contribution in [3.63, 3.8) is 0 Å². The smallest absolute Gasteiger partial charge is 0.145 e. The maximum Gasteiger partial charge on any atom is 0.145 e. The topological polar surface area (TPSA) is 30.2 Å². The third-order valence-corrected chi connectivity index (χ3v) is 8.69. The van der Waals surface area contributed by atoms with Gasteiger partial charge in [-0.05, 0) is 60.8 Å². The van der Waals surface area contributed by atoms with Crippen molar-refractivity contribution in [3.05, 3.63) is 152 Å². The summed E-state index contributed by atoms with van der Waals surface area (Å²) in [5.41, 5.74) is 10.3. The van der Waals surface area contributed by atoms with Crippen molar-refractivity contribution in [1.82, 2.24) is 14.4 Å². The molecule has 6 aromatic carbocycles. The molecule has 0 amide bonds. The number of imidazole rings is 1. The van der Waals surface area contributed by atoms with Crippen LogP contribution in [0.1, 0.15) is 0 Å². The van der Waals surface area contributed by atoms with Crippen LogP contribution in [0, 0.1) is 0 Å². The number of aromatic nitrogens is 3. The number of nitrogens with zero attached hydrogens (tertiary/aromatic N) is 3. The molecular formula is C40H25N3. The fourth-order valence-electron chi connectivity index (χ4n) is 6.78. The van der Waals surface area contributed by atoms with Crippen LogP contribution in [0.25, 0.3) is 82.4 Å². The molecule has 3 nitrogen and oxygen atoms in total. The van der Waals surface area contributed by atoms with Crippen LogP contribution < -0.4 is 0 Å². The highest BCUT2D eigenvalue weighted by molar-refractivity contribution is 6.21. The lowest BCUT2D eigenvalue weighted by atomic mass is 9.85. The van der Waals surface area contributed by atoms with Crippen LogP contribution in [0.15, 0.2) is 152 Å². The molecule has 0 bridgehead atoms. The van der Waals surface area contributed by atoms with Gasteiger partial charge in [-0.25, -0.2) is 4.98 Å². The van der Waals surface area contributed by atoms with Gasteiger partial charge in [0.2, 0.25) is 0 Å². The summed E-state index contributed by atoms with van der Waals surface area (Å²) < 4.78 is 2.18. The quantitative estimate of drug-likeness (QED) is 0.206. The second-order valence-corrected chi connectivity index (χ2v) is 11.0. The number of pyridine rings is 2. The average molecular weight is 548 g/mol. The van der Waals surface area contributed by atoms with Crippen LogP contribution in [-0.2, 0) is 0 Å². The molecule has 0 unspecified atom stereocenters. The lowest BCUT2D eigenvalue weighted by molar-refractivity contribution is 1.23. The van der Waals surface area contributed by atoms with E-state index < -0.39 is 0 Å². The summed E-state index contributed by atoms with van der Waals surface area (Å²) in [7, 11) is 0. The normalized spacial score (nSPS) is 11.7. The van der Waals surface area contributed by atoms with Gasteiger partial charge in [-0.3, -0.25) is 9.38 Å². The van der Waals surface area contributed by atoms with Crippen LogP contribution >= 0.6 is 0 Å². The number of hydrogen-bond acceptors (Lipinski definition) is 2. The van der Waals surface area contributed by atoms with E-state index in [0.717, 1.165) is 22.1 Å². The Morgan fingerprint density at radius 1 is 0.442 bits per heavy atom. The number of fused-ring (bicyclic) bond motifs is 7. The van der Waals surface area contributed by atoms with E-state index in [-0.39, 0.29) is 0 Å². The molecule has 0 spiro atoms. The fraction of sp³-hybridized carbons (Fsp3) is 0. The maximum atomic E-state index is 4.94. The Morgan fingerprint density at radius 2 is 0.953 bits per heavy atom. The molecule has 0 radical (unpaired) electrons. The summed E-state index contributed by atoms with van der Waals surface area (Å²) in [5, 5.41) is 7.38. The minimum absolute atomic E-state index is 0.949. The average Bonchev–Trinajstić information content (AvgIpc) is 3.46. The Hall–Kier alpha value is -5.80. The molecular weight excluding hydrogens is 522 g/mol. The first-order valence-electron chi connectivity index (χ1n) is 14.6. The van der Waals surface area contributed by atoms with Gasteiger partial charge in [0, 0.05) is 23.3 Å². The molecule has 0 N–H and O–H groups in total. The zero-order valence-electron chi connectivity index (χ0n) is 23.3. The van der Waals surface area contributed by atoms with Gasteiger partial charge >= 0.3 is 0 Å². The second-order valence-electron chi connectivity index (χ2n) is 11.0. The largest absolute Gasteiger partial charge is 0.297 e. The predicted molar refractivity (Wildman–Crippen MR) is 179 cm³/mol. The first-order chi connectivity index (χ1) is 21.3.